The molecule has 5 nitrogen and oxygen atoms in total. The van der Waals surface area contributed by atoms with Gasteiger partial charge < -0.3 is 5.32 Å². The molecule has 0 aliphatic heterocycles. The van der Waals surface area contributed by atoms with Crippen LogP contribution in [0.3, 0.4) is 0 Å². The van der Waals surface area contributed by atoms with Gasteiger partial charge in [0.05, 0.1) is 10.2 Å². The standard InChI is InChI=1S/C10H9Br2N5/c11-6-3-1-2-4-8(6)15-9-7(12)5-14-10(16-9)17-13/h1-5H,13H2,(H2,14,15,16,17). The fourth-order valence-corrected chi connectivity index (χ4v) is 1.89. The molecule has 1 aromatic carbocycles. The van der Waals surface area contributed by atoms with Crippen molar-refractivity contribution in [2.45, 2.75) is 0 Å². The monoisotopic (exact) mass is 357 g/mol. The lowest BCUT2D eigenvalue weighted by Gasteiger charge is -2.09. The molecular weight excluding hydrogens is 350 g/mol. The van der Waals surface area contributed by atoms with Crippen molar-refractivity contribution >= 4 is 49.3 Å². The SMILES string of the molecule is NNc1ncc(Br)c(Nc2ccccc2Br)n1. The highest BCUT2D eigenvalue weighted by Gasteiger charge is 2.06. The maximum absolute atomic E-state index is 5.26. The van der Waals surface area contributed by atoms with Crippen molar-refractivity contribution in [3.63, 3.8) is 0 Å². The van der Waals surface area contributed by atoms with E-state index in [1.807, 2.05) is 24.3 Å². The first-order valence-corrected chi connectivity index (χ1v) is 6.30. The van der Waals surface area contributed by atoms with Crippen molar-refractivity contribution in [1.29, 1.82) is 0 Å². The van der Waals surface area contributed by atoms with E-state index in [9.17, 15) is 0 Å². The molecule has 2 rings (SSSR count). The number of hydrogen-bond donors (Lipinski definition) is 3. The quantitative estimate of drug-likeness (QED) is 0.580. The Bertz CT molecular complexity index is 532. The minimum absolute atomic E-state index is 0.350. The first-order valence-electron chi connectivity index (χ1n) is 4.71. The second-order valence-electron chi connectivity index (χ2n) is 3.14. The van der Waals surface area contributed by atoms with E-state index < -0.39 is 0 Å². The van der Waals surface area contributed by atoms with Gasteiger partial charge in [0, 0.05) is 10.7 Å². The van der Waals surface area contributed by atoms with Crippen molar-refractivity contribution in [1.82, 2.24) is 9.97 Å². The Balaban J connectivity index is 2.32. The summed E-state index contributed by atoms with van der Waals surface area (Å²) >= 11 is 6.82. The number of halogens is 2. The van der Waals surface area contributed by atoms with Crippen LogP contribution < -0.4 is 16.6 Å². The van der Waals surface area contributed by atoms with Gasteiger partial charge in [-0.2, -0.15) is 4.98 Å². The number of aromatic nitrogens is 2. The van der Waals surface area contributed by atoms with Gasteiger partial charge >= 0.3 is 0 Å². The number of nitrogens with zero attached hydrogens (tertiary/aromatic N) is 2. The second kappa shape index (κ2) is 5.44. The van der Waals surface area contributed by atoms with Crippen LogP contribution in [-0.2, 0) is 0 Å². The normalized spacial score (nSPS) is 10.1. The molecule has 0 radical (unpaired) electrons. The topological polar surface area (TPSA) is 75.9 Å². The van der Waals surface area contributed by atoms with Gasteiger partial charge in [-0.05, 0) is 44.0 Å². The Labute approximate surface area is 115 Å². The molecule has 0 saturated heterocycles. The molecule has 0 aliphatic carbocycles. The van der Waals surface area contributed by atoms with Gasteiger partial charge in [0.25, 0.3) is 0 Å². The van der Waals surface area contributed by atoms with Gasteiger partial charge in [-0.25, -0.2) is 10.8 Å². The second-order valence-corrected chi connectivity index (χ2v) is 4.85. The molecule has 88 valence electrons. The van der Waals surface area contributed by atoms with Crippen molar-refractivity contribution in [3.8, 4) is 0 Å². The molecule has 1 aromatic heterocycles. The molecule has 0 unspecified atom stereocenters. The lowest BCUT2D eigenvalue weighted by atomic mass is 10.3. The molecule has 0 aliphatic rings. The van der Waals surface area contributed by atoms with E-state index in [2.05, 4.69) is 52.6 Å². The molecule has 0 saturated carbocycles. The van der Waals surface area contributed by atoms with E-state index in [1.165, 1.54) is 0 Å². The molecular formula is C10H9Br2N5. The van der Waals surface area contributed by atoms with Crippen LogP contribution in [0.1, 0.15) is 0 Å². The summed E-state index contributed by atoms with van der Waals surface area (Å²) in [5, 5.41) is 3.17. The highest BCUT2D eigenvalue weighted by atomic mass is 79.9. The van der Waals surface area contributed by atoms with Crippen LogP contribution in [-0.4, -0.2) is 9.97 Å². The Morgan fingerprint density at radius 3 is 2.59 bits per heavy atom. The van der Waals surface area contributed by atoms with Crippen LogP contribution in [0.25, 0.3) is 0 Å². The molecule has 0 amide bonds. The summed E-state index contributed by atoms with van der Waals surface area (Å²) in [6.07, 6.45) is 1.63. The van der Waals surface area contributed by atoms with Gasteiger partial charge in [0.15, 0.2) is 0 Å². The molecule has 7 heteroatoms. The summed E-state index contributed by atoms with van der Waals surface area (Å²) in [5.41, 5.74) is 3.31. The lowest BCUT2D eigenvalue weighted by molar-refractivity contribution is 1.11. The molecule has 17 heavy (non-hydrogen) atoms. The maximum atomic E-state index is 5.26. The molecule has 0 atom stereocenters. The molecule has 0 spiro atoms. The van der Waals surface area contributed by atoms with Crippen molar-refractivity contribution in [2.24, 2.45) is 5.84 Å². The number of nitrogens with one attached hydrogen (secondary N) is 2. The number of hydrazine groups is 1. The van der Waals surface area contributed by atoms with Crippen LogP contribution in [0.4, 0.5) is 17.5 Å². The summed E-state index contributed by atoms with van der Waals surface area (Å²) in [5.74, 6) is 6.25. The van der Waals surface area contributed by atoms with E-state index >= 15 is 0 Å². The number of nitrogens with two attached hydrogens (primary N) is 1. The predicted octanol–water partition coefficient (Wildman–Crippen LogP) is 3.03. The van der Waals surface area contributed by atoms with Gasteiger partial charge in [-0.15, -0.1) is 0 Å². The fraction of sp³-hybridized carbons (Fsp3) is 0. The number of anilines is 3. The number of benzene rings is 1. The Hall–Kier alpha value is -1.18. The van der Waals surface area contributed by atoms with Crippen LogP contribution >= 0.6 is 31.9 Å². The smallest absolute Gasteiger partial charge is 0.239 e. The van der Waals surface area contributed by atoms with Crippen LogP contribution in [0.5, 0.6) is 0 Å². The summed E-state index contributed by atoms with van der Waals surface area (Å²) in [6.45, 7) is 0. The Morgan fingerprint density at radius 1 is 1.12 bits per heavy atom. The zero-order valence-corrected chi connectivity index (χ0v) is 11.8. The largest absolute Gasteiger partial charge is 0.338 e. The van der Waals surface area contributed by atoms with Crippen LogP contribution in [0.15, 0.2) is 39.4 Å². The third-order valence-electron chi connectivity index (χ3n) is 2.00. The summed E-state index contributed by atoms with van der Waals surface area (Å²) < 4.78 is 1.71. The minimum atomic E-state index is 0.350. The third kappa shape index (κ3) is 2.93. The Morgan fingerprint density at radius 2 is 1.88 bits per heavy atom. The number of nitrogen functional groups attached to an aromatic ring is 1. The third-order valence-corrected chi connectivity index (χ3v) is 3.27. The van der Waals surface area contributed by atoms with Crippen LogP contribution in [0.2, 0.25) is 0 Å². The number of hydrogen-bond acceptors (Lipinski definition) is 5. The van der Waals surface area contributed by atoms with E-state index in [-0.39, 0.29) is 0 Å². The fourth-order valence-electron chi connectivity index (χ4n) is 1.21. The number of rotatable bonds is 3. The average Bonchev–Trinajstić information content (AvgIpc) is 2.35. The van der Waals surface area contributed by atoms with Crippen molar-refractivity contribution < 1.29 is 0 Å². The van der Waals surface area contributed by atoms with Gasteiger partial charge in [0.1, 0.15) is 5.82 Å². The van der Waals surface area contributed by atoms with Crippen molar-refractivity contribution in [2.75, 3.05) is 10.7 Å². The van der Waals surface area contributed by atoms with Crippen molar-refractivity contribution in [3.05, 3.63) is 39.4 Å². The lowest BCUT2D eigenvalue weighted by Crippen LogP contribution is -2.11. The molecule has 0 bridgehead atoms. The van der Waals surface area contributed by atoms with Gasteiger partial charge in [0.2, 0.25) is 5.95 Å². The highest BCUT2D eigenvalue weighted by Crippen LogP contribution is 2.28. The highest BCUT2D eigenvalue weighted by molar-refractivity contribution is 9.11. The number of para-hydroxylation sites is 1. The van der Waals surface area contributed by atoms with E-state index in [0.29, 0.717) is 11.8 Å². The predicted molar refractivity (Wildman–Crippen MR) is 75.0 cm³/mol. The van der Waals surface area contributed by atoms with Gasteiger partial charge in [-0.3, -0.25) is 5.43 Å². The van der Waals surface area contributed by atoms with Crippen LogP contribution in [0, 0.1) is 0 Å². The average molecular weight is 359 g/mol. The molecule has 0 fully saturated rings. The van der Waals surface area contributed by atoms with E-state index in [0.717, 1.165) is 14.6 Å². The van der Waals surface area contributed by atoms with E-state index in [1.54, 1.807) is 6.20 Å². The molecule has 4 N–H and O–H groups in total. The first kappa shape index (κ1) is 12.3. The molecule has 1 heterocycles. The summed E-state index contributed by atoms with van der Waals surface area (Å²) in [6, 6.07) is 7.76. The van der Waals surface area contributed by atoms with Gasteiger partial charge in [-0.1, -0.05) is 12.1 Å². The zero-order chi connectivity index (χ0) is 12.3. The zero-order valence-electron chi connectivity index (χ0n) is 8.61. The Kier molecular flexibility index (Phi) is 3.93. The maximum Gasteiger partial charge on any atom is 0.239 e. The summed E-state index contributed by atoms with van der Waals surface area (Å²) in [7, 11) is 0. The minimum Gasteiger partial charge on any atom is -0.338 e. The van der Waals surface area contributed by atoms with E-state index in [4.69, 9.17) is 5.84 Å². The first-order chi connectivity index (χ1) is 8.20. The molecule has 2 aromatic rings. The summed E-state index contributed by atoms with van der Waals surface area (Å²) in [4.78, 5) is 8.18.